The van der Waals surface area contributed by atoms with E-state index in [9.17, 15) is 29.4 Å². The average Bonchev–Trinajstić information content (AvgIpc) is 3.41. The van der Waals surface area contributed by atoms with E-state index in [1.807, 2.05) is 6.92 Å². The first-order valence-electron chi connectivity index (χ1n) is 14.3. The van der Waals surface area contributed by atoms with Crippen LogP contribution in [0.4, 0.5) is 0 Å². The maximum Gasteiger partial charge on any atom is 0.335 e. The van der Waals surface area contributed by atoms with E-state index in [1.54, 1.807) is 40.0 Å². The van der Waals surface area contributed by atoms with Crippen LogP contribution < -0.4 is 0 Å². The molecule has 2 aliphatic heterocycles. The highest BCUT2D eigenvalue weighted by molar-refractivity contribution is 5.99. The highest BCUT2D eigenvalue weighted by Gasteiger charge is 2.91. The molecule has 41 heavy (non-hydrogen) atoms. The van der Waals surface area contributed by atoms with Gasteiger partial charge in [0, 0.05) is 46.0 Å². The molecule has 11 nitrogen and oxygen atoms in total. The molecule has 0 aromatic carbocycles. The number of rotatable bonds is 5. The molecule has 0 unspecified atom stereocenters. The van der Waals surface area contributed by atoms with Crippen molar-refractivity contribution in [1.29, 1.82) is 0 Å². The Bertz CT molecular complexity index is 1300. The molecule has 3 aliphatic carbocycles. The normalized spacial score (nSPS) is 46.2. The molecule has 6 rings (SSSR count). The molecule has 0 amide bonds. The minimum absolute atomic E-state index is 0.00870. The first-order chi connectivity index (χ1) is 19.2. The summed E-state index contributed by atoms with van der Waals surface area (Å²) in [5.74, 6) is -4.82. The minimum atomic E-state index is -2.28. The molecule has 5 aliphatic rings. The van der Waals surface area contributed by atoms with E-state index in [0.717, 1.165) is 7.11 Å². The maximum absolute atomic E-state index is 14.6. The third kappa shape index (κ3) is 3.25. The van der Waals surface area contributed by atoms with Gasteiger partial charge in [0.25, 0.3) is 0 Å². The second-order valence-electron chi connectivity index (χ2n) is 13.6. The summed E-state index contributed by atoms with van der Waals surface area (Å²) in [6.07, 6.45) is -0.897. The van der Waals surface area contributed by atoms with E-state index in [-0.39, 0.29) is 12.8 Å². The number of ketones is 1. The minimum Gasteiger partial charge on any atom is -0.472 e. The number of ether oxygens (including phenoxy) is 4. The Balaban J connectivity index is 1.55. The number of carbonyl (C=O) groups is 4. The van der Waals surface area contributed by atoms with Gasteiger partial charge in [-0.1, -0.05) is 34.6 Å². The van der Waals surface area contributed by atoms with Crippen molar-refractivity contribution in [2.24, 2.45) is 34.0 Å². The fraction of sp³-hybridized carbons (Fsp3) is 0.733. The third-order valence-corrected chi connectivity index (χ3v) is 11.4. The number of hydrogen-bond donors (Lipinski definition) is 2. The van der Waals surface area contributed by atoms with Crippen LogP contribution in [0.2, 0.25) is 0 Å². The van der Waals surface area contributed by atoms with Gasteiger partial charge in [0.1, 0.15) is 23.9 Å². The van der Waals surface area contributed by atoms with E-state index in [1.165, 1.54) is 6.26 Å². The maximum atomic E-state index is 14.6. The van der Waals surface area contributed by atoms with Gasteiger partial charge in [0.2, 0.25) is 0 Å². The monoisotopic (exact) mass is 574 g/mol. The smallest absolute Gasteiger partial charge is 0.335 e. The fourth-order valence-electron chi connectivity index (χ4n) is 9.85. The van der Waals surface area contributed by atoms with Gasteiger partial charge in [-0.15, -0.1) is 0 Å². The van der Waals surface area contributed by atoms with Crippen LogP contribution in [-0.4, -0.2) is 70.5 Å². The summed E-state index contributed by atoms with van der Waals surface area (Å²) in [5, 5.41) is 24.0. The summed E-state index contributed by atoms with van der Waals surface area (Å²) >= 11 is 0. The number of epoxide rings is 1. The molecule has 5 fully saturated rings. The molecule has 11 heteroatoms. The van der Waals surface area contributed by atoms with Crippen LogP contribution in [0.1, 0.15) is 72.0 Å². The van der Waals surface area contributed by atoms with Crippen molar-refractivity contribution in [3.8, 4) is 0 Å². The van der Waals surface area contributed by atoms with Crippen LogP contribution in [0, 0.1) is 34.0 Å². The number of methoxy groups -OCH3 is 1. The van der Waals surface area contributed by atoms with Crippen molar-refractivity contribution < 1.29 is 52.8 Å². The summed E-state index contributed by atoms with van der Waals surface area (Å²) in [7, 11) is 1.15. The average molecular weight is 575 g/mol. The predicted molar refractivity (Wildman–Crippen MR) is 138 cm³/mol. The van der Waals surface area contributed by atoms with Gasteiger partial charge in [-0.3, -0.25) is 14.4 Å². The van der Waals surface area contributed by atoms with Gasteiger partial charge >= 0.3 is 17.9 Å². The molecule has 2 saturated heterocycles. The second kappa shape index (κ2) is 8.64. The zero-order valence-corrected chi connectivity index (χ0v) is 24.2. The van der Waals surface area contributed by atoms with Crippen LogP contribution in [0.15, 0.2) is 23.0 Å². The lowest BCUT2D eigenvalue weighted by molar-refractivity contribution is -0.260. The lowest BCUT2D eigenvalue weighted by Crippen LogP contribution is -2.81. The van der Waals surface area contributed by atoms with Gasteiger partial charge in [0.15, 0.2) is 17.5 Å². The lowest BCUT2D eigenvalue weighted by Gasteiger charge is -2.67. The number of aliphatic hydroxyl groups is 2. The number of cyclic esters (lactones) is 1. The van der Waals surface area contributed by atoms with E-state index in [0.29, 0.717) is 18.4 Å². The molecule has 1 aromatic heterocycles. The van der Waals surface area contributed by atoms with E-state index < -0.39 is 93.3 Å². The van der Waals surface area contributed by atoms with Crippen LogP contribution in [0.25, 0.3) is 0 Å². The van der Waals surface area contributed by atoms with E-state index in [4.69, 9.17) is 23.4 Å². The molecule has 0 radical (unpaired) electrons. The molecule has 3 saturated carbocycles. The summed E-state index contributed by atoms with van der Waals surface area (Å²) < 4.78 is 28.5. The number of esters is 3. The number of furan rings is 1. The zero-order chi connectivity index (χ0) is 29.9. The lowest BCUT2D eigenvalue weighted by atomic mass is 9.36. The Hall–Kier alpha value is -2.76. The van der Waals surface area contributed by atoms with Crippen molar-refractivity contribution in [2.45, 2.75) is 95.9 Å². The van der Waals surface area contributed by atoms with Crippen molar-refractivity contribution in [3.05, 3.63) is 24.2 Å². The Morgan fingerprint density at radius 2 is 1.88 bits per heavy atom. The number of Topliss-reactive ketones (excluding diaryl/α,β-unsaturated/α-hetero) is 1. The summed E-state index contributed by atoms with van der Waals surface area (Å²) in [4.78, 5) is 53.3. The van der Waals surface area contributed by atoms with Gasteiger partial charge in [0.05, 0.1) is 26.1 Å². The number of carbonyl (C=O) groups excluding carboxylic acids is 4. The molecule has 1 aromatic rings. The zero-order valence-electron chi connectivity index (χ0n) is 24.2. The number of aliphatic hydroxyl groups excluding tert-OH is 1. The molecule has 1 spiro atoms. The highest BCUT2D eigenvalue weighted by atomic mass is 16.6. The van der Waals surface area contributed by atoms with Crippen LogP contribution in [-0.2, 0) is 38.1 Å². The third-order valence-electron chi connectivity index (χ3n) is 11.4. The van der Waals surface area contributed by atoms with Crippen molar-refractivity contribution in [2.75, 3.05) is 7.11 Å². The van der Waals surface area contributed by atoms with Crippen molar-refractivity contribution in [1.82, 2.24) is 0 Å². The molecular formula is C30H38O11. The first kappa shape index (κ1) is 28.4. The largest absolute Gasteiger partial charge is 0.472 e. The van der Waals surface area contributed by atoms with E-state index >= 15 is 0 Å². The van der Waals surface area contributed by atoms with Crippen molar-refractivity contribution in [3.63, 3.8) is 0 Å². The molecular weight excluding hydrogens is 536 g/mol. The summed E-state index contributed by atoms with van der Waals surface area (Å²) in [6.45, 7) is 8.64. The number of hydrogen-bond acceptors (Lipinski definition) is 11. The highest BCUT2D eigenvalue weighted by Crippen LogP contribution is 2.78. The van der Waals surface area contributed by atoms with Crippen LogP contribution in [0.3, 0.4) is 0 Å². The molecule has 224 valence electrons. The second-order valence-corrected chi connectivity index (χ2v) is 13.6. The van der Waals surface area contributed by atoms with Crippen LogP contribution >= 0.6 is 0 Å². The Kier molecular flexibility index (Phi) is 5.98. The summed E-state index contributed by atoms with van der Waals surface area (Å²) in [6, 6.07) is 1.75. The molecule has 2 N–H and O–H groups in total. The van der Waals surface area contributed by atoms with Gasteiger partial charge in [-0.2, -0.15) is 0 Å². The van der Waals surface area contributed by atoms with Gasteiger partial charge in [-0.05, 0) is 18.9 Å². The Morgan fingerprint density at radius 3 is 2.49 bits per heavy atom. The first-order valence-corrected chi connectivity index (χ1v) is 14.3. The quantitative estimate of drug-likeness (QED) is 0.301. The Morgan fingerprint density at radius 1 is 1.17 bits per heavy atom. The fourth-order valence-corrected chi connectivity index (χ4v) is 9.85. The molecule has 3 heterocycles. The molecule has 2 bridgehead atoms. The van der Waals surface area contributed by atoms with Crippen LogP contribution in [0.5, 0.6) is 0 Å². The number of fused-ring (bicyclic) bond motifs is 5. The van der Waals surface area contributed by atoms with Crippen molar-refractivity contribution >= 4 is 23.7 Å². The summed E-state index contributed by atoms with van der Waals surface area (Å²) in [5.41, 5.74) is -6.17. The van der Waals surface area contributed by atoms with Gasteiger partial charge in [-0.25, -0.2) is 4.79 Å². The SMILES string of the molecule is CCC(=O)O[C@@H]1C(C)(C)[C@H]([C@@H](O)C(=O)OC)[C@]2(C)C(=O)[C@]1(O)[C@@H]1O[C@]13[C@@H]1CC(=O)O[C@@H](c4ccoc4)[C@@]1(C)CC[C@H]23. The van der Waals surface area contributed by atoms with Gasteiger partial charge < -0.3 is 33.6 Å². The standard InChI is InChI=1S/C30H38O11/c1-7-17(31)40-24-26(2,3)20(19(33)22(34)37-6)28(5)15-8-10-27(4)16(30(15)25(41-30)29(24,36)23(28)35)12-18(32)39-21(27)14-9-11-38-13-14/h9,11,13,15-16,19-21,24-25,33,36H,7-8,10,12H2,1-6H3/t15-,16-,19-,20+,21+,24-,25+,27+,28-,29-,30-/m1/s1. The molecule has 11 atom stereocenters. The Labute approximate surface area is 237 Å². The van der Waals surface area contributed by atoms with E-state index in [2.05, 4.69) is 0 Å². The predicted octanol–water partition coefficient (Wildman–Crippen LogP) is 2.27. The topological polar surface area (TPSA) is 162 Å².